The van der Waals surface area contributed by atoms with E-state index in [0.717, 1.165) is 32.5 Å². The highest BCUT2D eigenvalue weighted by Gasteiger charge is 2.31. The highest BCUT2D eigenvalue weighted by atomic mass is 16.5. The molecule has 1 fully saturated rings. The van der Waals surface area contributed by atoms with Crippen LogP contribution in [-0.4, -0.2) is 48.3 Å². The maximum atomic E-state index is 9.41. The van der Waals surface area contributed by atoms with Crippen molar-refractivity contribution in [1.29, 1.82) is 5.26 Å². The van der Waals surface area contributed by atoms with Crippen LogP contribution in [0.15, 0.2) is 0 Å². The van der Waals surface area contributed by atoms with Crippen LogP contribution in [0.1, 0.15) is 47.5 Å². The molecule has 0 aromatic rings. The molecule has 4 heteroatoms. The first-order chi connectivity index (χ1) is 8.90. The Morgan fingerprint density at radius 3 is 2.47 bits per heavy atom. The largest absolute Gasteiger partial charge is 0.373 e. The lowest BCUT2D eigenvalue weighted by Gasteiger charge is -2.41. The summed E-state index contributed by atoms with van der Waals surface area (Å²) in [6, 6.07) is 2.83. The van der Waals surface area contributed by atoms with Crippen LogP contribution in [0.3, 0.4) is 0 Å². The van der Waals surface area contributed by atoms with Crippen LogP contribution >= 0.6 is 0 Å². The van der Waals surface area contributed by atoms with Crippen molar-refractivity contribution in [3.8, 4) is 6.07 Å². The third-order valence-corrected chi connectivity index (χ3v) is 3.79. The number of ether oxygens (including phenoxy) is 1. The van der Waals surface area contributed by atoms with E-state index in [1.807, 2.05) is 6.92 Å². The average molecular weight is 267 g/mol. The Morgan fingerprint density at radius 1 is 1.42 bits per heavy atom. The van der Waals surface area contributed by atoms with Gasteiger partial charge in [-0.05, 0) is 47.1 Å². The first kappa shape index (κ1) is 16.4. The first-order valence-electron chi connectivity index (χ1n) is 7.46. The maximum Gasteiger partial charge on any atom is 0.105 e. The number of hydrogen-bond donors (Lipinski definition) is 1. The Labute approximate surface area is 118 Å². The molecule has 0 amide bonds. The van der Waals surface area contributed by atoms with Gasteiger partial charge >= 0.3 is 0 Å². The van der Waals surface area contributed by atoms with Crippen LogP contribution in [0.2, 0.25) is 0 Å². The van der Waals surface area contributed by atoms with Gasteiger partial charge in [0, 0.05) is 19.1 Å². The standard InChI is InChI=1S/C15H29N3O/c1-6-7-17-15(5,11-16)8-12(2)18-9-13(3)19-14(4)10-18/h12-14,17H,6-10H2,1-5H3. The summed E-state index contributed by atoms with van der Waals surface area (Å²) in [6.45, 7) is 13.4. The molecule has 4 unspecified atom stereocenters. The summed E-state index contributed by atoms with van der Waals surface area (Å²) in [5, 5.41) is 12.8. The van der Waals surface area contributed by atoms with E-state index in [2.05, 4.69) is 44.0 Å². The number of rotatable bonds is 6. The Bertz CT molecular complexity index is 305. The summed E-state index contributed by atoms with van der Waals surface area (Å²) in [7, 11) is 0. The van der Waals surface area contributed by atoms with Crippen molar-refractivity contribution in [2.24, 2.45) is 0 Å². The topological polar surface area (TPSA) is 48.3 Å². The van der Waals surface area contributed by atoms with Crippen molar-refractivity contribution in [3.63, 3.8) is 0 Å². The second kappa shape index (κ2) is 7.23. The van der Waals surface area contributed by atoms with Gasteiger partial charge in [-0.2, -0.15) is 5.26 Å². The van der Waals surface area contributed by atoms with Gasteiger partial charge in [0.05, 0.1) is 18.3 Å². The molecular formula is C15H29N3O. The van der Waals surface area contributed by atoms with E-state index in [9.17, 15) is 5.26 Å². The number of nitriles is 1. The van der Waals surface area contributed by atoms with E-state index in [-0.39, 0.29) is 12.2 Å². The van der Waals surface area contributed by atoms with Crippen LogP contribution < -0.4 is 5.32 Å². The van der Waals surface area contributed by atoms with E-state index < -0.39 is 5.54 Å². The van der Waals surface area contributed by atoms with Crippen molar-refractivity contribution in [2.75, 3.05) is 19.6 Å². The van der Waals surface area contributed by atoms with E-state index >= 15 is 0 Å². The lowest BCUT2D eigenvalue weighted by molar-refractivity contribution is -0.0805. The Morgan fingerprint density at radius 2 is 2.00 bits per heavy atom. The van der Waals surface area contributed by atoms with Gasteiger partial charge in [-0.3, -0.25) is 10.2 Å². The fourth-order valence-corrected chi connectivity index (χ4v) is 2.86. The van der Waals surface area contributed by atoms with E-state index in [1.54, 1.807) is 0 Å². The van der Waals surface area contributed by atoms with Gasteiger partial charge in [0.2, 0.25) is 0 Å². The molecule has 1 heterocycles. The predicted molar refractivity (Wildman–Crippen MR) is 78.0 cm³/mol. The summed E-state index contributed by atoms with van der Waals surface area (Å²) in [5.74, 6) is 0. The predicted octanol–water partition coefficient (Wildman–Crippen LogP) is 2.16. The zero-order chi connectivity index (χ0) is 14.5. The minimum Gasteiger partial charge on any atom is -0.373 e. The average Bonchev–Trinajstić information content (AvgIpc) is 2.35. The molecule has 1 rings (SSSR count). The Balaban J connectivity index is 2.57. The first-order valence-corrected chi connectivity index (χ1v) is 7.46. The molecule has 0 aromatic carbocycles. The van der Waals surface area contributed by atoms with E-state index in [1.165, 1.54) is 0 Å². The third kappa shape index (κ3) is 5.10. The minimum atomic E-state index is -0.430. The van der Waals surface area contributed by atoms with E-state index in [4.69, 9.17) is 4.74 Å². The summed E-state index contributed by atoms with van der Waals surface area (Å²) < 4.78 is 5.77. The van der Waals surface area contributed by atoms with Gasteiger partial charge < -0.3 is 4.74 Å². The van der Waals surface area contributed by atoms with Crippen molar-refractivity contribution in [3.05, 3.63) is 0 Å². The molecule has 1 N–H and O–H groups in total. The van der Waals surface area contributed by atoms with Gasteiger partial charge in [0.25, 0.3) is 0 Å². The molecule has 0 saturated carbocycles. The number of nitrogens with zero attached hydrogens (tertiary/aromatic N) is 2. The van der Waals surface area contributed by atoms with Gasteiger partial charge in [-0.25, -0.2) is 0 Å². The van der Waals surface area contributed by atoms with Crippen LogP contribution in [-0.2, 0) is 4.74 Å². The second-order valence-corrected chi connectivity index (χ2v) is 6.14. The molecule has 1 aliphatic heterocycles. The third-order valence-electron chi connectivity index (χ3n) is 3.79. The van der Waals surface area contributed by atoms with Crippen molar-refractivity contribution >= 4 is 0 Å². The lowest BCUT2D eigenvalue weighted by atomic mass is 9.93. The Hall–Kier alpha value is -0.630. The normalized spacial score (nSPS) is 29.5. The number of nitrogens with one attached hydrogen (secondary N) is 1. The minimum absolute atomic E-state index is 0.281. The summed E-state index contributed by atoms with van der Waals surface area (Å²) >= 11 is 0. The molecule has 0 aromatic heterocycles. The molecule has 0 radical (unpaired) electrons. The molecule has 0 bridgehead atoms. The number of morpholine rings is 1. The van der Waals surface area contributed by atoms with Crippen LogP contribution in [0.5, 0.6) is 0 Å². The van der Waals surface area contributed by atoms with Crippen LogP contribution in [0.25, 0.3) is 0 Å². The zero-order valence-electron chi connectivity index (χ0n) is 13.1. The van der Waals surface area contributed by atoms with Gasteiger partial charge in [0.1, 0.15) is 5.54 Å². The van der Waals surface area contributed by atoms with E-state index in [0.29, 0.717) is 6.04 Å². The second-order valence-electron chi connectivity index (χ2n) is 6.14. The van der Waals surface area contributed by atoms with Crippen LogP contribution in [0.4, 0.5) is 0 Å². The lowest BCUT2D eigenvalue weighted by Crippen LogP contribution is -2.53. The smallest absolute Gasteiger partial charge is 0.105 e. The maximum absolute atomic E-state index is 9.41. The van der Waals surface area contributed by atoms with Crippen molar-refractivity contribution in [2.45, 2.75) is 71.2 Å². The fourth-order valence-electron chi connectivity index (χ4n) is 2.86. The molecular weight excluding hydrogens is 238 g/mol. The van der Waals surface area contributed by atoms with Gasteiger partial charge in [-0.1, -0.05) is 6.92 Å². The molecule has 1 aliphatic rings. The number of hydrogen-bond acceptors (Lipinski definition) is 4. The van der Waals surface area contributed by atoms with Gasteiger partial charge in [0.15, 0.2) is 0 Å². The quantitative estimate of drug-likeness (QED) is 0.801. The molecule has 4 atom stereocenters. The summed E-state index contributed by atoms with van der Waals surface area (Å²) in [5.41, 5.74) is -0.430. The Kier molecular flexibility index (Phi) is 6.25. The van der Waals surface area contributed by atoms with Crippen molar-refractivity contribution < 1.29 is 4.74 Å². The molecule has 0 aliphatic carbocycles. The molecule has 110 valence electrons. The highest BCUT2D eigenvalue weighted by Crippen LogP contribution is 2.20. The molecule has 0 spiro atoms. The highest BCUT2D eigenvalue weighted by molar-refractivity contribution is 5.05. The molecule has 4 nitrogen and oxygen atoms in total. The van der Waals surface area contributed by atoms with Gasteiger partial charge in [-0.15, -0.1) is 0 Å². The summed E-state index contributed by atoms with van der Waals surface area (Å²) in [4.78, 5) is 2.45. The molecule has 19 heavy (non-hydrogen) atoms. The fraction of sp³-hybridized carbons (Fsp3) is 0.933. The van der Waals surface area contributed by atoms with Crippen LogP contribution in [0, 0.1) is 11.3 Å². The molecule has 1 saturated heterocycles. The monoisotopic (exact) mass is 267 g/mol. The SMILES string of the molecule is CCCNC(C)(C#N)CC(C)N1CC(C)OC(C)C1. The summed E-state index contributed by atoms with van der Waals surface area (Å²) in [6.07, 6.45) is 2.46. The van der Waals surface area contributed by atoms with Crippen molar-refractivity contribution in [1.82, 2.24) is 10.2 Å². The zero-order valence-corrected chi connectivity index (χ0v) is 13.1.